The van der Waals surface area contributed by atoms with Crippen LogP contribution in [-0.2, 0) is 9.59 Å². The molecule has 2 aromatic carbocycles. The van der Waals surface area contributed by atoms with Crippen LogP contribution < -0.4 is 10.6 Å². The molecule has 2 aromatic rings. The Morgan fingerprint density at radius 2 is 1.48 bits per heavy atom. The van der Waals surface area contributed by atoms with E-state index in [-0.39, 0.29) is 24.3 Å². The second-order valence-electron chi connectivity index (χ2n) is 7.64. The lowest BCUT2D eigenvalue weighted by Gasteiger charge is -2.40. The molecule has 6 nitrogen and oxygen atoms in total. The molecule has 2 fully saturated rings. The zero-order valence-corrected chi connectivity index (χ0v) is 16.6. The molecule has 2 N–H and O–H groups in total. The molecule has 0 saturated carbocycles. The highest BCUT2D eigenvalue weighted by molar-refractivity contribution is 5.88. The van der Waals surface area contributed by atoms with Gasteiger partial charge in [0, 0.05) is 39.3 Å². The molecule has 2 saturated heterocycles. The van der Waals surface area contributed by atoms with Crippen LogP contribution in [0.3, 0.4) is 0 Å². The molecule has 2 heterocycles. The first-order valence-electron chi connectivity index (χ1n) is 10.3. The van der Waals surface area contributed by atoms with Crippen molar-refractivity contribution in [3.63, 3.8) is 0 Å². The van der Waals surface area contributed by atoms with E-state index in [1.807, 2.05) is 17.0 Å². The molecule has 1 atom stereocenters. The first-order valence-corrected chi connectivity index (χ1v) is 10.3. The van der Waals surface area contributed by atoms with E-state index in [1.54, 1.807) is 0 Å². The second kappa shape index (κ2) is 9.20. The third kappa shape index (κ3) is 4.66. The Balaban J connectivity index is 1.41. The zero-order valence-electron chi connectivity index (χ0n) is 16.6. The van der Waals surface area contributed by atoms with Crippen molar-refractivity contribution in [2.45, 2.75) is 18.5 Å². The van der Waals surface area contributed by atoms with E-state index in [2.05, 4.69) is 64.1 Å². The number of carbonyl (C=O) groups excluding carboxylic acids is 2. The lowest BCUT2D eigenvalue weighted by molar-refractivity contribution is -0.137. The Hall–Kier alpha value is -2.70. The van der Waals surface area contributed by atoms with E-state index in [0.717, 1.165) is 13.1 Å². The quantitative estimate of drug-likeness (QED) is 0.807. The lowest BCUT2D eigenvalue weighted by Crippen LogP contribution is -2.56. The Bertz CT molecular complexity index is 780. The molecule has 0 spiro atoms. The maximum Gasteiger partial charge on any atom is 0.237 e. The average Bonchev–Trinajstić information content (AvgIpc) is 2.77. The fraction of sp³-hybridized carbons (Fsp3) is 0.391. The summed E-state index contributed by atoms with van der Waals surface area (Å²) in [5.41, 5.74) is 2.53. The molecule has 29 heavy (non-hydrogen) atoms. The van der Waals surface area contributed by atoms with Gasteiger partial charge in [0.25, 0.3) is 0 Å². The highest BCUT2D eigenvalue weighted by Crippen LogP contribution is 2.29. The number of benzene rings is 2. The lowest BCUT2D eigenvalue weighted by atomic mass is 9.96. The molecule has 2 aliphatic heterocycles. The molecule has 0 radical (unpaired) electrons. The van der Waals surface area contributed by atoms with Gasteiger partial charge in [0.15, 0.2) is 0 Å². The average molecular weight is 393 g/mol. The van der Waals surface area contributed by atoms with Crippen LogP contribution in [0.1, 0.15) is 23.6 Å². The van der Waals surface area contributed by atoms with E-state index in [1.165, 1.54) is 11.1 Å². The zero-order chi connectivity index (χ0) is 20.1. The Morgan fingerprint density at radius 3 is 2.03 bits per heavy atom. The van der Waals surface area contributed by atoms with Crippen LogP contribution in [0.25, 0.3) is 0 Å². The minimum Gasteiger partial charge on any atom is -0.353 e. The van der Waals surface area contributed by atoms with Crippen LogP contribution >= 0.6 is 0 Å². The summed E-state index contributed by atoms with van der Waals surface area (Å²) in [6, 6.07) is 20.8. The molecular weight excluding hydrogens is 364 g/mol. The smallest absolute Gasteiger partial charge is 0.237 e. The molecular formula is C23H28N4O2. The molecule has 2 amide bonds. The van der Waals surface area contributed by atoms with E-state index >= 15 is 0 Å². The van der Waals surface area contributed by atoms with Crippen LogP contribution in [0.4, 0.5) is 0 Å². The topological polar surface area (TPSA) is 64.7 Å². The maximum absolute atomic E-state index is 12.7. The summed E-state index contributed by atoms with van der Waals surface area (Å²) < 4.78 is 0. The van der Waals surface area contributed by atoms with E-state index in [4.69, 9.17) is 0 Å². The summed E-state index contributed by atoms with van der Waals surface area (Å²) in [6.45, 7) is 4.33. The van der Waals surface area contributed by atoms with Crippen molar-refractivity contribution >= 4 is 11.8 Å². The molecule has 4 rings (SSSR count). The minimum atomic E-state index is -0.407. The highest BCUT2D eigenvalue weighted by atomic mass is 16.2. The SMILES string of the molecule is O=C1NCCNC1CC(=O)N1CCN(C(c2ccccc2)c2ccccc2)CC1. The van der Waals surface area contributed by atoms with Gasteiger partial charge in [-0.1, -0.05) is 60.7 Å². The molecule has 6 heteroatoms. The number of nitrogens with one attached hydrogen (secondary N) is 2. The van der Waals surface area contributed by atoms with Gasteiger partial charge in [0.2, 0.25) is 11.8 Å². The van der Waals surface area contributed by atoms with Gasteiger partial charge >= 0.3 is 0 Å². The minimum absolute atomic E-state index is 0.0511. The van der Waals surface area contributed by atoms with Crippen LogP contribution in [-0.4, -0.2) is 66.9 Å². The van der Waals surface area contributed by atoms with Crippen molar-refractivity contribution in [3.8, 4) is 0 Å². The first-order chi connectivity index (χ1) is 14.2. The van der Waals surface area contributed by atoms with Crippen molar-refractivity contribution in [2.75, 3.05) is 39.3 Å². The molecule has 0 aliphatic carbocycles. The fourth-order valence-electron chi connectivity index (χ4n) is 4.23. The first kappa shape index (κ1) is 19.6. The number of hydrogen-bond acceptors (Lipinski definition) is 4. The molecule has 0 bridgehead atoms. The third-order valence-corrected chi connectivity index (χ3v) is 5.77. The van der Waals surface area contributed by atoms with E-state index < -0.39 is 6.04 Å². The van der Waals surface area contributed by atoms with Gasteiger partial charge < -0.3 is 15.5 Å². The largest absolute Gasteiger partial charge is 0.353 e. The highest BCUT2D eigenvalue weighted by Gasteiger charge is 2.30. The number of piperazine rings is 2. The van der Waals surface area contributed by atoms with Gasteiger partial charge in [-0.2, -0.15) is 0 Å². The number of nitrogens with zero attached hydrogens (tertiary/aromatic N) is 2. The van der Waals surface area contributed by atoms with Gasteiger partial charge in [0.05, 0.1) is 18.5 Å². The Kier molecular flexibility index (Phi) is 6.22. The van der Waals surface area contributed by atoms with Gasteiger partial charge in [-0.3, -0.25) is 14.5 Å². The molecule has 152 valence electrons. The molecule has 1 unspecified atom stereocenters. The van der Waals surface area contributed by atoms with Gasteiger partial charge in [-0.15, -0.1) is 0 Å². The Labute approximate surface area is 171 Å². The van der Waals surface area contributed by atoms with Crippen LogP contribution in [0.2, 0.25) is 0 Å². The van der Waals surface area contributed by atoms with Crippen molar-refractivity contribution in [3.05, 3.63) is 71.8 Å². The van der Waals surface area contributed by atoms with Gasteiger partial charge in [-0.05, 0) is 11.1 Å². The van der Waals surface area contributed by atoms with Gasteiger partial charge in [-0.25, -0.2) is 0 Å². The maximum atomic E-state index is 12.7. The van der Waals surface area contributed by atoms with Crippen molar-refractivity contribution in [1.29, 1.82) is 0 Å². The fourth-order valence-corrected chi connectivity index (χ4v) is 4.23. The van der Waals surface area contributed by atoms with E-state index in [9.17, 15) is 9.59 Å². The normalized spacial score (nSPS) is 20.5. The van der Waals surface area contributed by atoms with Crippen molar-refractivity contribution in [2.24, 2.45) is 0 Å². The predicted octanol–water partition coefficient (Wildman–Crippen LogP) is 1.40. The number of amides is 2. The molecule has 2 aliphatic rings. The monoisotopic (exact) mass is 392 g/mol. The summed E-state index contributed by atoms with van der Waals surface area (Å²) in [5, 5.41) is 5.96. The van der Waals surface area contributed by atoms with Crippen LogP contribution in [0.5, 0.6) is 0 Å². The summed E-state index contributed by atoms with van der Waals surface area (Å²) in [5.74, 6) is -0.0216. The molecule has 0 aromatic heterocycles. The third-order valence-electron chi connectivity index (χ3n) is 5.77. The van der Waals surface area contributed by atoms with E-state index in [0.29, 0.717) is 26.2 Å². The summed E-state index contributed by atoms with van der Waals surface area (Å²) in [6.07, 6.45) is 0.229. The summed E-state index contributed by atoms with van der Waals surface area (Å²) >= 11 is 0. The second-order valence-corrected chi connectivity index (χ2v) is 7.64. The van der Waals surface area contributed by atoms with Crippen LogP contribution in [0, 0.1) is 0 Å². The Morgan fingerprint density at radius 1 is 0.897 bits per heavy atom. The number of carbonyl (C=O) groups is 2. The van der Waals surface area contributed by atoms with Gasteiger partial charge in [0.1, 0.15) is 0 Å². The van der Waals surface area contributed by atoms with Crippen molar-refractivity contribution in [1.82, 2.24) is 20.4 Å². The standard InChI is InChI=1S/C23H28N4O2/c28-21(17-20-23(29)25-12-11-24-20)26-13-15-27(16-14-26)22(18-7-3-1-4-8-18)19-9-5-2-6-10-19/h1-10,20,22,24H,11-17H2,(H,25,29). The number of rotatable bonds is 5. The predicted molar refractivity (Wildman–Crippen MR) is 112 cm³/mol. The summed E-state index contributed by atoms with van der Waals surface area (Å²) in [4.78, 5) is 29.0. The number of hydrogen-bond donors (Lipinski definition) is 2. The summed E-state index contributed by atoms with van der Waals surface area (Å²) in [7, 11) is 0. The van der Waals surface area contributed by atoms with Crippen LogP contribution in [0.15, 0.2) is 60.7 Å². The van der Waals surface area contributed by atoms with Crippen molar-refractivity contribution < 1.29 is 9.59 Å².